The van der Waals surface area contributed by atoms with Crippen LogP contribution in [0.25, 0.3) is 0 Å². The van der Waals surface area contributed by atoms with E-state index in [4.69, 9.17) is 9.84 Å². The lowest BCUT2D eigenvalue weighted by Crippen LogP contribution is -2.19. The fraction of sp³-hybridized carbons (Fsp3) is 0.194. The second-order valence-electron chi connectivity index (χ2n) is 8.58. The average molecular weight is 499 g/mol. The Labute approximate surface area is 215 Å². The van der Waals surface area contributed by atoms with E-state index in [1.54, 1.807) is 0 Å². The third kappa shape index (κ3) is 6.92. The SMILES string of the molecule is O=C(O)c1ccccc1[O-].c1ccc([S+](c2ccccc2)c2ccc(OC3CCCCC3)cc2)cc1. The van der Waals surface area contributed by atoms with Crippen LogP contribution in [0.5, 0.6) is 11.5 Å². The Morgan fingerprint density at radius 1 is 0.694 bits per heavy atom. The topological polar surface area (TPSA) is 69.6 Å². The molecule has 0 radical (unpaired) electrons. The number of hydrogen-bond donors (Lipinski definition) is 1. The van der Waals surface area contributed by atoms with Crippen LogP contribution in [-0.2, 0) is 10.9 Å². The van der Waals surface area contributed by atoms with Crippen molar-refractivity contribution in [1.29, 1.82) is 0 Å². The van der Waals surface area contributed by atoms with Gasteiger partial charge in [-0.3, -0.25) is 0 Å². The van der Waals surface area contributed by atoms with Crippen molar-refractivity contribution in [3.05, 3.63) is 115 Å². The van der Waals surface area contributed by atoms with Gasteiger partial charge in [-0.1, -0.05) is 66.8 Å². The van der Waals surface area contributed by atoms with Crippen molar-refractivity contribution in [1.82, 2.24) is 0 Å². The van der Waals surface area contributed by atoms with Crippen molar-refractivity contribution in [2.75, 3.05) is 0 Å². The van der Waals surface area contributed by atoms with Crippen LogP contribution in [0.3, 0.4) is 0 Å². The predicted molar refractivity (Wildman–Crippen MR) is 142 cm³/mol. The van der Waals surface area contributed by atoms with Crippen molar-refractivity contribution in [2.45, 2.75) is 52.9 Å². The molecule has 0 saturated heterocycles. The number of carbonyl (C=O) groups is 1. The number of carboxylic acids is 1. The summed E-state index contributed by atoms with van der Waals surface area (Å²) >= 11 is 0. The Kier molecular flexibility index (Phi) is 9.06. The standard InChI is InChI=1S/C24H25OS.C7H6O3/c1-4-10-20(11-5-1)25-21-16-18-24(19-17-21)26(22-12-6-2-7-13-22)23-14-8-3-9-15-23;8-6-4-2-1-3-5(6)7(9)10/h2-3,6-9,12-20H,1,4-5,10-11H2;1-4,8H,(H,9,10)/q+1;/p-1. The smallest absolute Gasteiger partial charge is 0.335 e. The molecule has 5 heteroatoms. The molecule has 5 rings (SSSR count). The summed E-state index contributed by atoms with van der Waals surface area (Å²) in [5, 5.41) is 19.0. The van der Waals surface area contributed by atoms with Crippen LogP contribution in [0.1, 0.15) is 42.5 Å². The maximum atomic E-state index is 10.7. The van der Waals surface area contributed by atoms with E-state index in [1.807, 2.05) is 0 Å². The molecule has 0 bridgehead atoms. The molecule has 36 heavy (non-hydrogen) atoms. The summed E-state index contributed by atoms with van der Waals surface area (Å²) in [6, 6.07) is 35.9. The highest BCUT2D eigenvalue weighted by Gasteiger charge is 2.28. The summed E-state index contributed by atoms with van der Waals surface area (Å²) in [7, 11) is -0.0852. The van der Waals surface area contributed by atoms with E-state index in [2.05, 4.69) is 84.9 Å². The van der Waals surface area contributed by atoms with Crippen molar-refractivity contribution in [3.63, 3.8) is 0 Å². The highest BCUT2D eigenvalue weighted by Crippen LogP contribution is 2.32. The van der Waals surface area contributed by atoms with E-state index < -0.39 is 11.7 Å². The third-order valence-corrected chi connectivity index (χ3v) is 8.22. The molecule has 0 spiro atoms. The molecule has 0 aromatic heterocycles. The second kappa shape index (κ2) is 12.8. The first-order valence-electron chi connectivity index (χ1n) is 12.2. The molecule has 4 aromatic carbocycles. The molecule has 0 amide bonds. The van der Waals surface area contributed by atoms with E-state index in [0.717, 1.165) is 5.75 Å². The predicted octanol–water partition coefficient (Wildman–Crippen LogP) is 6.95. The quantitative estimate of drug-likeness (QED) is 0.292. The van der Waals surface area contributed by atoms with Crippen LogP contribution in [-0.4, -0.2) is 17.2 Å². The molecule has 4 aromatic rings. The molecule has 184 valence electrons. The van der Waals surface area contributed by atoms with Crippen molar-refractivity contribution < 1.29 is 19.7 Å². The van der Waals surface area contributed by atoms with Gasteiger partial charge in [0.05, 0.1) is 22.6 Å². The molecule has 1 aliphatic carbocycles. The van der Waals surface area contributed by atoms with E-state index in [1.165, 1.54) is 71.1 Å². The lowest BCUT2D eigenvalue weighted by molar-refractivity contribution is -0.268. The van der Waals surface area contributed by atoms with E-state index in [9.17, 15) is 9.90 Å². The van der Waals surface area contributed by atoms with Crippen molar-refractivity contribution in [3.8, 4) is 11.5 Å². The van der Waals surface area contributed by atoms with Gasteiger partial charge < -0.3 is 14.9 Å². The summed E-state index contributed by atoms with van der Waals surface area (Å²) < 4.78 is 6.20. The van der Waals surface area contributed by atoms with Crippen molar-refractivity contribution in [2.24, 2.45) is 0 Å². The van der Waals surface area contributed by atoms with Gasteiger partial charge in [-0.15, -0.1) is 0 Å². The minimum Gasteiger partial charge on any atom is -0.872 e. The number of benzene rings is 4. The lowest BCUT2D eigenvalue weighted by Gasteiger charge is -2.23. The maximum absolute atomic E-state index is 10.7. The summed E-state index contributed by atoms with van der Waals surface area (Å²) in [5.74, 6) is -0.620. The number of rotatable bonds is 6. The van der Waals surface area contributed by atoms with Gasteiger partial charge in [-0.25, -0.2) is 4.79 Å². The number of carboxylic acid groups (broad SMARTS) is 1. The van der Waals surface area contributed by atoms with Gasteiger partial charge >= 0.3 is 5.97 Å². The minimum absolute atomic E-state index is 0.0852. The van der Waals surface area contributed by atoms with E-state index >= 15 is 0 Å². The van der Waals surface area contributed by atoms with Gasteiger partial charge in [-0.2, -0.15) is 0 Å². The molecule has 1 aliphatic rings. The third-order valence-electron chi connectivity index (χ3n) is 5.99. The van der Waals surface area contributed by atoms with Gasteiger partial charge in [0, 0.05) is 0 Å². The first-order chi connectivity index (χ1) is 17.6. The van der Waals surface area contributed by atoms with E-state index in [-0.39, 0.29) is 16.5 Å². The molecule has 4 nitrogen and oxygen atoms in total. The highest BCUT2D eigenvalue weighted by molar-refractivity contribution is 7.97. The highest BCUT2D eigenvalue weighted by atomic mass is 32.2. The first kappa shape index (κ1) is 25.4. The Bertz CT molecular complexity index is 1180. The molecule has 0 unspecified atom stereocenters. The Balaban J connectivity index is 0.000000256. The Morgan fingerprint density at radius 3 is 1.69 bits per heavy atom. The number of hydrogen-bond acceptors (Lipinski definition) is 3. The zero-order valence-corrected chi connectivity index (χ0v) is 20.9. The monoisotopic (exact) mass is 498 g/mol. The molecule has 1 saturated carbocycles. The summed E-state index contributed by atoms with van der Waals surface area (Å²) in [6.45, 7) is 0. The van der Waals surface area contributed by atoms with Gasteiger partial charge in [0.2, 0.25) is 0 Å². The second-order valence-corrected chi connectivity index (χ2v) is 10.6. The molecular formula is C31H30O4S. The van der Waals surface area contributed by atoms with Crippen LogP contribution in [0.4, 0.5) is 0 Å². The summed E-state index contributed by atoms with van der Waals surface area (Å²) in [4.78, 5) is 14.2. The average Bonchev–Trinajstić information content (AvgIpc) is 2.92. The fourth-order valence-electron chi connectivity index (χ4n) is 4.19. The van der Waals surface area contributed by atoms with Gasteiger partial charge in [-0.05, 0) is 80.3 Å². The van der Waals surface area contributed by atoms with Crippen LogP contribution in [0, 0.1) is 0 Å². The molecular weight excluding hydrogens is 468 g/mol. The molecule has 0 aliphatic heterocycles. The first-order valence-corrected chi connectivity index (χ1v) is 13.4. The Morgan fingerprint density at radius 2 is 1.19 bits per heavy atom. The zero-order chi connectivity index (χ0) is 25.2. The summed E-state index contributed by atoms with van der Waals surface area (Å²) in [5.41, 5.74) is -0.178. The Hall–Kier alpha value is -3.70. The normalized spacial score (nSPS) is 13.5. The largest absolute Gasteiger partial charge is 0.872 e. The molecule has 1 N–H and O–H groups in total. The lowest BCUT2D eigenvalue weighted by atomic mass is 9.98. The van der Waals surface area contributed by atoms with E-state index in [0.29, 0.717) is 6.10 Å². The van der Waals surface area contributed by atoms with Crippen LogP contribution in [0.2, 0.25) is 0 Å². The number of ether oxygens (including phenoxy) is 1. The maximum Gasteiger partial charge on any atom is 0.335 e. The van der Waals surface area contributed by atoms with Gasteiger partial charge in [0.1, 0.15) is 5.75 Å². The van der Waals surface area contributed by atoms with Crippen LogP contribution in [0.15, 0.2) is 124 Å². The summed E-state index contributed by atoms with van der Waals surface area (Å²) in [6.07, 6.45) is 6.74. The van der Waals surface area contributed by atoms with Gasteiger partial charge in [0.25, 0.3) is 0 Å². The van der Waals surface area contributed by atoms with Crippen molar-refractivity contribution >= 4 is 16.9 Å². The molecule has 0 atom stereocenters. The minimum atomic E-state index is -1.18. The zero-order valence-electron chi connectivity index (χ0n) is 20.1. The number of aromatic carboxylic acids is 1. The molecule has 0 heterocycles. The van der Waals surface area contributed by atoms with Crippen LogP contribution >= 0.6 is 0 Å². The van der Waals surface area contributed by atoms with Crippen LogP contribution < -0.4 is 9.84 Å². The number of para-hydroxylation sites is 1. The molecule has 1 fully saturated rings. The fourth-order valence-corrected chi connectivity index (χ4v) is 6.28. The van der Waals surface area contributed by atoms with Gasteiger partial charge in [0.15, 0.2) is 14.7 Å².